The Hall–Kier alpha value is -0.860. The zero-order valence-electron chi connectivity index (χ0n) is 9.79. The highest BCUT2D eigenvalue weighted by Gasteiger charge is 2.04. The lowest BCUT2D eigenvalue weighted by Crippen LogP contribution is -2.14. The zero-order chi connectivity index (χ0) is 11.1. The van der Waals surface area contributed by atoms with E-state index in [0.717, 1.165) is 25.8 Å². The Morgan fingerprint density at radius 1 is 1.27 bits per heavy atom. The largest absolute Gasteiger partial charge is 0.324 e. The maximum absolute atomic E-state index is 6.10. The SMILES string of the molecule is CCc1ccc(C(N)CCCNC)cc1. The fraction of sp³-hybridized carbons (Fsp3) is 0.538. The van der Waals surface area contributed by atoms with E-state index in [1.54, 1.807) is 0 Å². The molecule has 2 nitrogen and oxygen atoms in total. The first-order chi connectivity index (χ1) is 7.27. The average molecular weight is 206 g/mol. The first-order valence-electron chi connectivity index (χ1n) is 5.77. The second-order valence-corrected chi connectivity index (χ2v) is 3.95. The third-order valence-corrected chi connectivity index (χ3v) is 2.76. The van der Waals surface area contributed by atoms with Crippen LogP contribution < -0.4 is 11.1 Å². The lowest BCUT2D eigenvalue weighted by Gasteiger charge is -2.12. The lowest BCUT2D eigenvalue weighted by molar-refractivity contribution is 0.590. The van der Waals surface area contributed by atoms with Crippen LogP contribution in [0.3, 0.4) is 0 Å². The molecule has 0 aliphatic heterocycles. The van der Waals surface area contributed by atoms with Gasteiger partial charge in [0.15, 0.2) is 0 Å². The van der Waals surface area contributed by atoms with Gasteiger partial charge in [-0.1, -0.05) is 31.2 Å². The molecular formula is C13H22N2. The first kappa shape index (κ1) is 12.2. The first-order valence-corrected chi connectivity index (χ1v) is 5.77. The highest BCUT2D eigenvalue weighted by molar-refractivity contribution is 5.24. The third-order valence-electron chi connectivity index (χ3n) is 2.76. The highest BCUT2D eigenvalue weighted by Crippen LogP contribution is 2.16. The van der Waals surface area contributed by atoms with E-state index in [1.165, 1.54) is 11.1 Å². The molecule has 0 bridgehead atoms. The summed E-state index contributed by atoms with van der Waals surface area (Å²) in [7, 11) is 1.97. The summed E-state index contributed by atoms with van der Waals surface area (Å²) in [4.78, 5) is 0. The van der Waals surface area contributed by atoms with Gasteiger partial charge < -0.3 is 11.1 Å². The number of hydrogen-bond donors (Lipinski definition) is 2. The lowest BCUT2D eigenvalue weighted by atomic mass is 10.0. The van der Waals surface area contributed by atoms with E-state index in [2.05, 4.69) is 36.5 Å². The van der Waals surface area contributed by atoms with Crippen molar-refractivity contribution < 1.29 is 0 Å². The van der Waals surface area contributed by atoms with E-state index in [4.69, 9.17) is 5.73 Å². The summed E-state index contributed by atoms with van der Waals surface area (Å²) in [6.45, 7) is 3.21. The molecule has 0 aromatic heterocycles. The van der Waals surface area contributed by atoms with Crippen LogP contribution in [0.5, 0.6) is 0 Å². The maximum Gasteiger partial charge on any atom is 0.0295 e. The Morgan fingerprint density at radius 3 is 2.47 bits per heavy atom. The van der Waals surface area contributed by atoms with Crippen LogP contribution in [0.15, 0.2) is 24.3 Å². The molecule has 1 rings (SSSR count). The summed E-state index contributed by atoms with van der Waals surface area (Å²) in [6, 6.07) is 8.84. The molecule has 0 saturated carbocycles. The van der Waals surface area contributed by atoms with Gasteiger partial charge in [0, 0.05) is 6.04 Å². The minimum Gasteiger partial charge on any atom is -0.324 e. The molecule has 0 heterocycles. The van der Waals surface area contributed by atoms with E-state index < -0.39 is 0 Å². The molecule has 1 unspecified atom stereocenters. The summed E-state index contributed by atoms with van der Waals surface area (Å²) in [5, 5.41) is 3.14. The van der Waals surface area contributed by atoms with E-state index in [-0.39, 0.29) is 6.04 Å². The minimum atomic E-state index is 0.184. The smallest absolute Gasteiger partial charge is 0.0295 e. The van der Waals surface area contributed by atoms with Crippen LogP contribution in [-0.4, -0.2) is 13.6 Å². The maximum atomic E-state index is 6.10. The molecule has 0 aliphatic rings. The van der Waals surface area contributed by atoms with Gasteiger partial charge in [0.05, 0.1) is 0 Å². The molecule has 0 saturated heterocycles. The monoisotopic (exact) mass is 206 g/mol. The number of rotatable bonds is 6. The molecule has 1 aromatic carbocycles. The van der Waals surface area contributed by atoms with E-state index >= 15 is 0 Å². The Labute approximate surface area is 92.9 Å². The number of nitrogens with one attached hydrogen (secondary N) is 1. The quantitative estimate of drug-likeness (QED) is 0.701. The van der Waals surface area contributed by atoms with Gasteiger partial charge in [-0.05, 0) is 44.0 Å². The molecule has 0 amide bonds. The summed E-state index contributed by atoms with van der Waals surface area (Å²) >= 11 is 0. The average Bonchev–Trinajstić information content (AvgIpc) is 2.29. The highest BCUT2D eigenvalue weighted by atomic mass is 14.8. The molecular weight excluding hydrogens is 184 g/mol. The van der Waals surface area contributed by atoms with Crippen molar-refractivity contribution >= 4 is 0 Å². The van der Waals surface area contributed by atoms with Crippen molar-refractivity contribution in [2.45, 2.75) is 32.2 Å². The van der Waals surface area contributed by atoms with Crippen LogP contribution in [0.4, 0.5) is 0 Å². The van der Waals surface area contributed by atoms with Crippen LogP contribution in [0, 0.1) is 0 Å². The standard InChI is InChI=1S/C13H22N2/c1-3-11-6-8-12(9-7-11)13(14)5-4-10-15-2/h6-9,13,15H,3-5,10,14H2,1-2H3. The van der Waals surface area contributed by atoms with Crippen LogP contribution in [-0.2, 0) is 6.42 Å². The fourth-order valence-electron chi connectivity index (χ4n) is 1.67. The van der Waals surface area contributed by atoms with Gasteiger partial charge in [0.25, 0.3) is 0 Å². The Balaban J connectivity index is 2.46. The topological polar surface area (TPSA) is 38.0 Å². The van der Waals surface area contributed by atoms with Crippen molar-refractivity contribution in [1.29, 1.82) is 0 Å². The summed E-state index contributed by atoms with van der Waals surface area (Å²) in [5.41, 5.74) is 8.73. The van der Waals surface area contributed by atoms with Gasteiger partial charge >= 0.3 is 0 Å². The van der Waals surface area contributed by atoms with Crippen molar-refractivity contribution in [3.8, 4) is 0 Å². The second-order valence-electron chi connectivity index (χ2n) is 3.95. The van der Waals surface area contributed by atoms with Crippen LogP contribution in [0.1, 0.15) is 36.9 Å². The third kappa shape index (κ3) is 4.02. The van der Waals surface area contributed by atoms with Crippen molar-refractivity contribution in [2.75, 3.05) is 13.6 Å². The van der Waals surface area contributed by atoms with Crippen molar-refractivity contribution in [2.24, 2.45) is 5.73 Å². The van der Waals surface area contributed by atoms with Gasteiger partial charge in [-0.3, -0.25) is 0 Å². The van der Waals surface area contributed by atoms with Gasteiger partial charge in [-0.25, -0.2) is 0 Å². The summed E-state index contributed by atoms with van der Waals surface area (Å²) in [5.74, 6) is 0. The predicted octanol–water partition coefficient (Wildman–Crippen LogP) is 2.25. The second kappa shape index (κ2) is 6.59. The zero-order valence-corrected chi connectivity index (χ0v) is 9.79. The molecule has 0 radical (unpaired) electrons. The van der Waals surface area contributed by atoms with Crippen LogP contribution in [0.2, 0.25) is 0 Å². The van der Waals surface area contributed by atoms with Gasteiger partial charge in [-0.15, -0.1) is 0 Å². The van der Waals surface area contributed by atoms with Gasteiger partial charge in [-0.2, -0.15) is 0 Å². The van der Waals surface area contributed by atoms with E-state index in [1.807, 2.05) is 7.05 Å². The number of benzene rings is 1. The van der Waals surface area contributed by atoms with Gasteiger partial charge in [0.2, 0.25) is 0 Å². The molecule has 2 heteroatoms. The molecule has 15 heavy (non-hydrogen) atoms. The van der Waals surface area contributed by atoms with E-state index in [0.29, 0.717) is 0 Å². The number of nitrogens with two attached hydrogens (primary N) is 1. The number of aryl methyl sites for hydroxylation is 1. The molecule has 0 spiro atoms. The Morgan fingerprint density at radius 2 is 1.93 bits per heavy atom. The number of hydrogen-bond acceptors (Lipinski definition) is 2. The molecule has 84 valence electrons. The normalized spacial score (nSPS) is 12.7. The predicted molar refractivity (Wildman–Crippen MR) is 65.9 cm³/mol. The van der Waals surface area contributed by atoms with E-state index in [9.17, 15) is 0 Å². The van der Waals surface area contributed by atoms with Gasteiger partial charge in [0.1, 0.15) is 0 Å². The molecule has 1 aromatic rings. The van der Waals surface area contributed by atoms with Crippen molar-refractivity contribution in [1.82, 2.24) is 5.32 Å². The van der Waals surface area contributed by atoms with Crippen molar-refractivity contribution in [3.63, 3.8) is 0 Å². The minimum absolute atomic E-state index is 0.184. The summed E-state index contributed by atoms with van der Waals surface area (Å²) in [6.07, 6.45) is 3.27. The summed E-state index contributed by atoms with van der Waals surface area (Å²) < 4.78 is 0. The Bertz CT molecular complexity index is 266. The molecule has 0 aliphatic carbocycles. The van der Waals surface area contributed by atoms with Crippen LogP contribution in [0.25, 0.3) is 0 Å². The van der Waals surface area contributed by atoms with Crippen molar-refractivity contribution in [3.05, 3.63) is 35.4 Å². The molecule has 0 fully saturated rings. The molecule has 3 N–H and O–H groups in total. The fourth-order valence-corrected chi connectivity index (χ4v) is 1.67. The molecule has 1 atom stereocenters. The Kier molecular flexibility index (Phi) is 5.37. The van der Waals surface area contributed by atoms with Crippen LogP contribution >= 0.6 is 0 Å².